The van der Waals surface area contributed by atoms with Crippen molar-refractivity contribution in [3.8, 4) is 10.6 Å². The molecule has 124 valence electrons. The Bertz CT molecular complexity index is 1140. The number of aryl methyl sites for hydroxylation is 1. The second kappa shape index (κ2) is 6.27. The van der Waals surface area contributed by atoms with Crippen molar-refractivity contribution in [3.05, 3.63) is 68.7 Å². The molecule has 4 aromatic rings. The van der Waals surface area contributed by atoms with E-state index < -0.39 is 5.91 Å². The van der Waals surface area contributed by atoms with Gasteiger partial charge in [0.2, 0.25) is 0 Å². The Hall–Kier alpha value is -2.77. The third-order valence-corrected chi connectivity index (χ3v) is 5.36. The van der Waals surface area contributed by atoms with Crippen LogP contribution in [0.1, 0.15) is 15.4 Å². The van der Waals surface area contributed by atoms with E-state index in [2.05, 4.69) is 10.3 Å². The molecule has 0 saturated heterocycles. The van der Waals surface area contributed by atoms with Crippen molar-refractivity contribution in [2.45, 2.75) is 6.92 Å². The minimum absolute atomic E-state index is 0.0348. The van der Waals surface area contributed by atoms with Crippen LogP contribution in [0.25, 0.3) is 21.5 Å². The number of anilines is 1. The SMILES string of the molecule is Cc1ccc(-c2csc(NC(=O)c3cc(=O)c4ccccc4o3)n2)s1. The maximum absolute atomic E-state index is 12.4. The molecule has 1 aromatic carbocycles. The molecule has 25 heavy (non-hydrogen) atoms. The van der Waals surface area contributed by atoms with Crippen molar-refractivity contribution in [3.63, 3.8) is 0 Å². The highest BCUT2D eigenvalue weighted by atomic mass is 32.1. The number of carbonyl (C=O) groups excluding carboxylic acids is 1. The summed E-state index contributed by atoms with van der Waals surface area (Å²) in [6.45, 7) is 2.03. The first-order valence-electron chi connectivity index (χ1n) is 7.47. The highest BCUT2D eigenvalue weighted by Gasteiger charge is 2.15. The van der Waals surface area contributed by atoms with Gasteiger partial charge in [-0.25, -0.2) is 4.98 Å². The highest BCUT2D eigenvalue weighted by molar-refractivity contribution is 7.17. The van der Waals surface area contributed by atoms with Crippen molar-refractivity contribution >= 4 is 44.7 Å². The number of fused-ring (bicyclic) bond motifs is 1. The third-order valence-electron chi connectivity index (χ3n) is 3.58. The second-order valence-electron chi connectivity index (χ2n) is 5.37. The number of nitrogens with zero attached hydrogens (tertiary/aromatic N) is 1. The molecule has 0 fully saturated rings. The molecule has 0 bridgehead atoms. The summed E-state index contributed by atoms with van der Waals surface area (Å²) in [7, 11) is 0. The molecule has 7 heteroatoms. The molecule has 1 N–H and O–H groups in total. The average Bonchev–Trinajstić information content (AvgIpc) is 3.23. The second-order valence-corrected chi connectivity index (χ2v) is 7.52. The molecule has 0 aliphatic rings. The Labute approximate surface area is 150 Å². The first-order chi connectivity index (χ1) is 12.1. The standard InChI is InChI=1S/C18H12N2O3S2/c1-10-6-7-16(25-10)12-9-24-18(19-12)20-17(22)15-8-13(21)11-4-2-3-5-14(11)23-15/h2-9H,1H3,(H,19,20,22). The van der Waals surface area contributed by atoms with Crippen molar-refractivity contribution in [1.29, 1.82) is 0 Å². The van der Waals surface area contributed by atoms with E-state index in [0.29, 0.717) is 16.1 Å². The summed E-state index contributed by atoms with van der Waals surface area (Å²) >= 11 is 2.97. The van der Waals surface area contributed by atoms with Gasteiger partial charge in [-0.1, -0.05) is 12.1 Å². The van der Waals surface area contributed by atoms with Crippen molar-refractivity contribution in [2.75, 3.05) is 5.32 Å². The summed E-state index contributed by atoms with van der Waals surface area (Å²) in [5.74, 6) is -0.529. The number of benzene rings is 1. The van der Waals surface area contributed by atoms with E-state index in [4.69, 9.17) is 4.42 Å². The zero-order valence-corrected chi connectivity index (χ0v) is 14.7. The molecule has 0 aliphatic carbocycles. The summed E-state index contributed by atoms with van der Waals surface area (Å²) in [6.07, 6.45) is 0. The Morgan fingerprint density at radius 2 is 2.04 bits per heavy atom. The number of amides is 1. The van der Waals surface area contributed by atoms with Gasteiger partial charge >= 0.3 is 0 Å². The van der Waals surface area contributed by atoms with Gasteiger partial charge < -0.3 is 4.42 Å². The lowest BCUT2D eigenvalue weighted by atomic mass is 10.2. The minimum atomic E-state index is -0.494. The number of para-hydroxylation sites is 1. The van der Waals surface area contributed by atoms with Gasteiger partial charge in [0.15, 0.2) is 16.3 Å². The predicted molar refractivity (Wildman–Crippen MR) is 101 cm³/mol. The number of thiazole rings is 1. The maximum atomic E-state index is 12.4. The number of thiophene rings is 1. The van der Waals surface area contributed by atoms with Crippen LogP contribution >= 0.6 is 22.7 Å². The van der Waals surface area contributed by atoms with E-state index in [9.17, 15) is 9.59 Å². The van der Waals surface area contributed by atoms with Crippen LogP contribution in [0.3, 0.4) is 0 Å². The largest absolute Gasteiger partial charge is 0.451 e. The monoisotopic (exact) mass is 368 g/mol. The first-order valence-corrected chi connectivity index (χ1v) is 9.16. The molecule has 0 atom stereocenters. The van der Waals surface area contributed by atoms with Crippen LogP contribution in [-0.2, 0) is 0 Å². The summed E-state index contributed by atoms with van der Waals surface area (Å²) in [5.41, 5.74) is 0.952. The number of hydrogen-bond acceptors (Lipinski definition) is 6. The molecule has 0 saturated carbocycles. The van der Waals surface area contributed by atoms with Gasteiger partial charge in [0, 0.05) is 16.3 Å². The van der Waals surface area contributed by atoms with Gasteiger partial charge in [-0.3, -0.25) is 14.9 Å². The number of carbonyl (C=O) groups is 1. The third kappa shape index (κ3) is 3.11. The molecule has 0 aliphatic heterocycles. The average molecular weight is 368 g/mol. The van der Waals surface area contributed by atoms with E-state index in [-0.39, 0.29) is 11.2 Å². The van der Waals surface area contributed by atoms with Gasteiger partial charge in [0.25, 0.3) is 5.91 Å². The first kappa shape index (κ1) is 15.7. The zero-order valence-electron chi connectivity index (χ0n) is 13.1. The van der Waals surface area contributed by atoms with Gasteiger partial charge in [-0.15, -0.1) is 22.7 Å². The smallest absolute Gasteiger partial charge is 0.293 e. The van der Waals surface area contributed by atoms with E-state index >= 15 is 0 Å². The summed E-state index contributed by atoms with van der Waals surface area (Å²) < 4.78 is 5.54. The molecule has 3 aromatic heterocycles. The van der Waals surface area contributed by atoms with E-state index in [1.54, 1.807) is 35.6 Å². The predicted octanol–water partition coefficient (Wildman–Crippen LogP) is 4.54. The molecule has 3 heterocycles. The van der Waals surface area contributed by atoms with Crippen LogP contribution in [0.15, 0.2) is 57.1 Å². The lowest BCUT2D eigenvalue weighted by Crippen LogP contribution is -2.14. The van der Waals surface area contributed by atoms with E-state index in [1.165, 1.54) is 22.3 Å². The Morgan fingerprint density at radius 3 is 2.84 bits per heavy atom. The van der Waals surface area contributed by atoms with Crippen LogP contribution < -0.4 is 10.7 Å². The number of aromatic nitrogens is 1. The van der Waals surface area contributed by atoms with E-state index in [0.717, 1.165) is 10.6 Å². The van der Waals surface area contributed by atoms with Gasteiger partial charge in [-0.05, 0) is 31.2 Å². The maximum Gasteiger partial charge on any atom is 0.293 e. The van der Waals surface area contributed by atoms with Gasteiger partial charge in [0.05, 0.1) is 16.0 Å². The van der Waals surface area contributed by atoms with Crippen LogP contribution in [0.5, 0.6) is 0 Å². The molecule has 0 spiro atoms. The van der Waals surface area contributed by atoms with E-state index in [1.807, 2.05) is 24.4 Å². The fourth-order valence-corrected chi connectivity index (χ4v) is 4.00. The zero-order chi connectivity index (χ0) is 17.4. The quantitative estimate of drug-likeness (QED) is 0.576. The lowest BCUT2D eigenvalue weighted by Gasteiger charge is -2.02. The van der Waals surface area contributed by atoms with Gasteiger partial charge in [0.1, 0.15) is 5.58 Å². The Balaban J connectivity index is 1.60. The summed E-state index contributed by atoms with van der Waals surface area (Å²) in [6, 6.07) is 12.1. The normalized spacial score (nSPS) is 10.9. The van der Waals surface area contributed by atoms with Crippen LogP contribution in [0, 0.1) is 6.92 Å². The van der Waals surface area contributed by atoms with Crippen LogP contribution in [-0.4, -0.2) is 10.9 Å². The molecule has 5 nitrogen and oxygen atoms in total. The molecule has 0 radical (unpaired) electrons. The summed E-state index contributed by atoms with van der Waals surface area (Å²) in [4.78, 5) is 31.2. The fraction of sp³-hybridized carbons (Fsp3) is 0.0556. The van der Waals surface area contributed by atoms with Crippen LogP contribution in [0.2, 0.25) is 0 Å². The van der Waals surface area contributed by atoms with Crippen molar-refractivity contribution in [2.24, 2.45) is 0 Å². The molecule has 1 amide bonds. The molecular weight excluding hydrogens is 356 g/mol. The van der Waals surface area contributed by atoms with Gasteiger partial charge in [-0.2, -0.15) is 0 Å². The summed E-state index contributed by atoms with van der Waals surface area (Å²) in [5, 5.41) is 5.48. The molecular formula is C18H12N2O3S2. The fourth-order valence-electron chi connectivity index (χ4n) is 2.39. The topological polar surface area (TPSA) is 72.2 Å². The Morgan fingerprint density at radius 1 is 1.20 bits per heavy atom. The van der Waals surface area contributed by atoms with Crippen LogP contribution in [0.4, 0.5) is 5.13 Å². The van der Waals surface area contributed by atoms with Crippen molar-refractivity contribution in [1.82, 2.24) is 4.98 Å². The minimum Gasteiger partial charge on any atom is -0.451 e. The number of nitrogens with one attached hydrogen (secondary N) is 1. The lowest BCUT2D eigenvalue weighted by molar-refractivity contribution is 0.0997. The molecule has 0 unspecified atom stereocenters. The molecule has 4 rings (SSSR count). The number of hydrogen-bond donors (Lipinski definition) is 1. The Kier molecular flexibility index (Phi) is 3.95. The number of rotatable bonds is 3. The van der Waals surface area contributed by atoms with Crippen molar-refractivity contribution < 1.29 is 9.21 Å². The highest BCUT2D eigenvalue weighted by Crippen LogP contribution is 2.30.